The summed E-state index contributed by atoms with van der Waals surface area (Å²) in [5.74, 6) is 1.13. The van der Waals surface area contributed by atoms with E-state index in [9.17, 15) is 9.18 Å². The third kappa shape index (κ3) is 4.41. The lowest BCUT2D eigenvalue weighted by atomic mass is 10.0. The fourth-order valence-corrected chi connectivity index (χ4v) is 5.29. The molecule has 1 aliphatic rings. The molecule has 1 saturated heterocycles. The smallest absolute Gasteiger partial charge is 0.246 e. The van der Waals surface area contributed by atoms with Crippen LogP contribution in [-0.4, -0.2) is 59.4 Å². The van der Waals surface area contributed by atoms with Crippen molar-refractivity contribution >= 4 is 28.0 Å². The van der Waals surface area contributed by atoms with Gasteiger partial charge in [-0.2, -0.15) is 5.10 Å². The van der Waals surface area contributed by atoms with Gasteiger partial charge < -0.3 is 14.2 Å². The van der Waals surface area contributed by atoms with Gasteiger partial charge in [0.25, 0.3) is 0 Å². The molecule has 0 saturated carbocycles. The fourth-order valence-electron chi connectivity index (χ4n) is 5.29. The van der Waals surface area contributed by atoms with E-state index in [-0.39, 0.29) is 24.9 Å². The van der Waals surface area contributed by atoms with Gasteiger partial charge in [0.2, 0.25) is 5.91 Å². The van der Waals surface area contributed by atoms with E-state index in [1.54, 1.807) is 11.0 Å². The molecule has 198 valence electrons. The number of carbonyl (C=O) groups is 1. The van der Waals surface area contributed by atoms with Crippen molar-refractivity contribution in [2.45, 2.75) is 32.5 Å². The molecule has 1 aliphatic heterocycles. The van der Waals surface area contributed by atoms with Gasteiger partial charge in [-0.1, -0.05) is 6.58 Å². The minimum absolute atomic E-state index is 0.0509. The number of fused-ring (bicyclic) bond motifs is 2. The van der Waals surface area contributed by atoms with Gasteiger partial charge in [-0.3, -0.25) is 4.79 Å². The van der Waals surface area contributed by atoms with Gasteiger partial charge in [0, 0.05) is 31.6 Å². The van der Waals surface area contributed by atoms with Crippen molar-refractivity contribution in [2.24, 2.45) is 7.05 Å². The maximum absolute atomic E-state index is 14.7. The van der Waals surface area contributed by atoms with Crippen LogP contribution in [0.3, 0.4) is 0 Å². The predicted molar refractivity (Wildman–Crippen MR) is 146 cm³/mol. The van der Waals surface area contributed by atoms with Crippen molar-refractivity contribution in [3.8, 4) is 22.8 Å². The quantitative estimate of drug-likeness (QED) is 0.297. The SMILES string of the molecule is C=CC(=O)N1C[C@@H](F)C[C@@H](n2nc(-c3ccc(Oc4ccc5c(c4)ncn5C)c(C)c3)c3c(C)ncnc32)C1. The lowest BCUT2D eigenvalue weighted by molar-refractivity contribution is -0.129. The molecular weight excluding hydrogens is 497 g/mol. The van der Waals surface area contributed by atoms with Gasteiger partial charge in [0.15, 0.2) is 5.65 Å². The van der Waals surface area contributed by atoms with Gasteiger partial charge in [-0.05, 0) is 55.8 Å². The number of aryl methyl sites for hydroxylation is 3. The number of piperidine rings is 1. The molecule has 0 bridgehead atoms. The molecule has 0 aliphatic carbocycles. The monoisotopic (exact) mass is 525 g/mol. The second-order valence-electron chi connectivity index (χ2n) is 9.97. The fraction of sp³-hybridized carbons (Fsp3) is 0.276. The first-order chi connectivity index (χ1) is 18.8. The summed E-state index contributed by atoms with van der Waals surface area (Å²) in [6, 6.07) is 11.3. The number of halogens is 1. The highest BCUT2D eigenvalue weighted by molar-refractivity contribution is 5.93. The van der Waals surface area contributed by atoms with Crippen molar-refractivity contribution < 1.29 is 13.9 Å². The van der Waals surface area contributed by atoms with Gasteiger partial charge >= 0.3 is 0 Å². The van der Waals surface area contributed by atoms with E-state index in [4.69, 9.17) is 9.84 Å². The van der Waals surface area contributed by atoms with Crippen LogP contribution < -0.4 is 4.74 Å². The minimum Gasteiger partial charge on any atom is -0.457 e. The Morgan fingerprint density at radius 2 is 1.97 bits per heavy atom. The zero-order chi connectivity index (χ0) is 27.3. The van der Waals surface area contributed by atoms with Crippen LogP contribution in [0.4, 0.5) is 4.39 Å². The normalized spacial score (nSPS) is 17.6. The number of rotatable bonds is 5. The van der Waals surface area contributed by atoms with E-state index >= 15 is 0 Å². The summed E-state index contributed by atoms with van der Waals surface area (Å²) in [6.45, 7) is 7.82. The largest absolute Gasteiger partial charge is 0.457 e. The van der Waals surface area contributed by atoms with Gasteiger partial charge in [-0.25, -0.2) is 24.0 Å². The van der Waals surface area contributed by atoms with Crippen LogP contribution in [0.15, 0.2) is 61.7 Å². The van der Waals surface area contributed by atoms with Crippen LogP contribution in [0.25, 0.3) is 33.3 Å². The van der Waals surface area contributed by atoms with Crippen LogP contribution >= 0.6 is 0 Å². The van der Waals surface area contributed by atoms with Crippen molar-refractivity contribution in [3.63, 3.8) is 0 Å². The van der Waals surface area contributed by atoms with E-state index in [1.807, 2.05) is 61.9 Å². The second kappa shape index (κ2) is 9.61. The van der Waals surface area contributed by atoms with Gasteiger partial charge in [-0.15, -0.1) is 0 Å². The number of hydrogen-bond donors (Lipinski definition) is 0. The maximum Gasteiger partial charge on any atom is 0.246 e. The predicted octanol–water partition coefficient (Wildman–Crippen LogP) is 5.09. The van der Waals surface area contributed by atoms with Crippen molar-refractivity contribution in [1.82, 2.24) is 34.2 Å². The Labute approximate surface area is 224 Å². The summed E-state index contributed by atoms with van der Waals surface area (Å²) < 4.78 is 24.6. The standard InChI is InChI=1S/C29H28FN7O2/c1-5-26(38)36-13-20(30)11-21(14-36)37-29-27(18(3)31-15-32-29)28(34-37)19-6-9-25(17(2)10-19)39-22-7-8-24-23(12-22)33-16-35(24)4/h5-10,12,15-16,20-21H,1,11,13-14H2,2-4H3/t20-,21+/m0/s1. The number of benzene rings is 2. The number of nitrogens with zero attached hydrogens (tertiary/aromatic N) is 7. The first-order valence-corrected chi connectivity index (χ1v) is 12.8. The summed E-state index contributed by atoms with van der Waals surface area (Å²) in [6.07, 6.45) is 3.56. The summed E-state index contributed by atoms with van der Waals surface area (Å²) in [5, 5.41) is 5.72. The van der Waals surface area contributed by atoms with E-state index < -0.39 is 6.17 Å². The lowest BCUT2D eigenvalue weighted by Gasteiger charge is -2.34. The van der Waals surface area contributed by atoms with E-state index in [0.29, 0.717) is 23.6 Å². The van der Waals surface area contributed by atoms with E-state index in [0.717, 1.165) is 39.0 Å². The Balaban J connectivity index is 1.36. The molecule has 3 aromatic heterocycles. The Morgan fingerprint density at radius 1 is 1.13 bits per heavy atom. The van der Waals surface area contributed by atoms with Crippen molar-refractivity contribution in [2.75, 3.05) is 13.1 Å². The summed E-state index contributed by atoms with van der Waals surface area (Å²) in [7, 11) is 1.96. The summed E-state index contributed by atoms with van der Waals surface area (Å²) in [5.41, 5.74) is 5.78. The number of amides is 1. The number of imidazole rings is 1. The number of alkyl halides is 1. The third-order valence-electron chi connectivity index (χ3n) is 7.26. The molecule has 1 fully saturated rings. The van der Waals surface area contributed by atoms with Crippen LogP contribution in [-0.2, 0) is 11.8 Å². The first-order valence-electron chi connectivity index (χ1n) is 12.8. The summed E-state index contributed by atoms with van der Waals surface area (Å²) >= 11 is 0. The van der Waals surface area contributed by atoms with Gasteiger partial charge in [0.05, 0.1) is 41.0 Å². The average Bonchev–Trinajstić information content (AvgIpc) is 3.50. The molecule has 0 unspecified atom stereocenters. The molecule has 2 aromatic carbocycles. The molecule has 0 N–H and O–H groups in total. The second-order valence-corrected chi connectivity index (χ2v) is 9.97. The number of hydrogen-bond acceptors (Lipinski definition) is 6. The Hall–Kier alpha value is -4.60. The van der Waals surface area contributed by atoms with Crippen LogP contribution in [0.1, 0.15) is 23.7 Å². The molecular formula is C29H28FN7O2. The van der Waals surface area contributed by atoms with Gasteiger partial charge in [0.1, 0.15) is 29.7 Å². The Morgan fingerprint density at radius 3 is 2.77 bits per heavy atom. The summed E-state index contributed by atoms with van der Waals surface area (Å²) in [4.78, 5) is 27.1. The zero-order valence-electron chi connectivity index (χ0n) is 22.0. The zero-order valence-corrected chi connectivity index (χ0v) is 22.0. The molecule has 10 heteroatoms. The number of ether oxygens (including phenoxy) is 1. The topological polar surface area (TPSA) is 91.0 Å². The number of likely N-dealkylation sites (tertiary alicyclic amines) is 1. The molecule has 0 radical (unpaired) electrons. The molecule has 4 heterocycles. The average molecular weight is 526 g/mol. The highest BCUT2D eigenvalue weighted by Crippen LogP contribution is 2.36. The van der Waals surface area contributed by atoms with Crippen LogP contribution in [0.5, 0.6) is 11.5 Å². The molecule has 0 spiro atoms. The van der Waals surface area contributed by atoms with Crippen molar-refractivity contribution in [1.29, 1.82) is 0 Å². The third-order valence-corrected chi connectivity index (χ3v) is 7.26. The highest BCUT2D eigenvalue weighted by atomic mass is 19.1. The van der Waals surface area contributed by atoms with Crippen LogP contribution in [0.2, 0.25) is 0 Å². The molecule has 6 rings (SSSR count). The van der Waals surface area contributed by atoms with Crippen LogP contribution in [0, 0.1) is 13.8 Å². The highest BCUT2D eigenvalue weighted by Gasteiger charge is 2.32. The lowest BCUT2D eigenvalue weighted by Crippen LogP contribution is -2.45. The van der Waals surface area contributed by atoms with Crippen molar-refractivity contribution in [3.05, 3.63) is 73.0 Å². The number of carbonyl (C=O) groups excluding carboxylic acids is 1. The number of aromatic nitrogens is 6. The molecule has 9 nitrogen and oxygen atoms in total. The van der Waals surface area contributed by atoms with E-state index in [1.165, 1.54) is 17.3 Å². The maximum atomic E-state index is 14.7. The molecule has 2 atom stereocenters. The molecule has 39 heavy (non-hydrogen) atoms. The van der Waals surface area contributed by atoms with E-state index in [2.05, 4.69) is 21.5 Å². The Bertz CT molecular complexity index is 1740. The first kappa shape index (κ1) is 24.7. The molecule has 5 aromatic rings. The Kier molecular flexibility index (Phi) is 6.09. The molecule has 1 amide bonds. The minimum atomic E-state index is -1.16.